The molecule has 0 spiro atoms. The number of fused-ring (bicyclic) bond motifs is 1. The van der Waals surface area contributed by atoms with Crippen molar-refractivity contribution in [2.75, 3.05) is 26.0 Å². The van der Waals surface area contributed by atoms with Gasteiger partial charge >= 0.3 is 5.97 Å². The monoisotopic (exact) mass is 392 g/mol. The van der Waals surface area contributed by atoms with Crippen molar-refractivity contribution in [3.63, 3.8) is 0 Å². The number of methoxy groups -OCH3 is 1. The average molecular weight is 393 g/mol. The van der Waals surface area contributed by atoms with Gasteiger partial charge in [-0.2, -0.15) is 0 Å². The first-order valence-corrected chi connectivity index (χ1v) is 10.4. The number of hydrogen-bond donors (Lipinski definition) is 1. The Morgan fingerprint density at radius 1 is 1.31 bits per heavy atom. The van der Waals surface area contributed by atoms with Crippen LogP contribution in [-0.2, 0) is 28.9 Å². The molecule has 7 heteroatoms. The van der Waals surface area contributed by atoms with Gasteiger partial charge in [0, 0.05) is 16.3 Å². The maximum atomic E-state index is 12.5. The second kappa shape index (κ2) is 8.33. The molecule has 0 atom stereocenters. The first-order chi connectivity index (χ1) is 12.5. The van der Waals surface area contributed by atoms with Crippen molar-refractivity contribution in [1.29, 1.82) is 0 Å². The number of ether oxygens (including phenoxy) is 1. The highest BCUT2D eigenvalue weighted by Crippen LogP contribution is 2.38. The summed E-state index contributed by atoms with van der Waals surface area (Å²) < 4.78 is 4.95. The highest BCUT2D eigenvalue weighted by molar-refractivity contribution is 7.17. The van der Waals surface area contributed by atoms with Crippen LogP contribution in [0.1, 0.15) is 44.1 Å². The van der Waals surface area contributed by atoms with E-state index in [2.05, 4.69) is 23.7 Å². The zero-order chi connectivity index (χ0) is 18.7. The van der Waals surface area contributed by atoms with Crippen LogP contribution in [0.25, 0.3) is 0 Å². The molecule has 1 amide bonds. The fourth-order valence-corrected chi connectivity index (χ4v) is 5.53. The molecule has 3 rings (SSSR count). The summed E-state index contributed by atoms with van der Waals surface area (Å²) in [5, 5.41) is 5.65. The van der Waals surface area contributed by atoms with Crippen LogP contribution in [0.4, 0.5) is 5.00 Å². The molecule has 0 saturated heterocycles. The quantitative estimate of drug-likeness (QED) is 0.759. The summed E-state index contributed by atoms with van der Waals surface area (Å²) in [5.41, 5.74) is 2.87. The fourth-order valence-electron chi connectivity index (χ4n) is 3.25. The molecule has 2 heterocycles. The number of nitrogens with one attached hydrogen (secondary N) is 1. The zero-order valence-corrected chi connectivity index (χ0v) is 17.0. The van der Waals surface area contributed by atoms with E-state index < -0.39 is 0 Å². The third-order valence-corrected chi connectivity index (χ3v) is 6.82. The number of likely N-dealkylation sites (N-methyl/N-ethyl adjacent to an activating group) is 1. The van der Waals surface area contributed by atoms with Crippen molar-refractivity contribution >= 4 is 39.6 Å². The number of esters is 1. The van der Waals surface area contributed by atoms with E-state index in [1.807, 2.05) is 11.9 Å². The van der Waals surface area contributed by atoms with Crippen LogP contribution in [0.3, 0.4) is 0 Å². The molecule has 0 aliphatic heterocycles. The highest BCUT2D eigenvalue weighted by atomic mass is 32.1. The Morgan fingerprint density at radius 3 is 2.77 bits per heavy atom. The second-order valence-electron chi connectivity index (χ2n) is 6.65. The Balaban J connectivity index is 1.70. The third-order valence-electron chi connectivity index (χ3n) is 4.61. The summed E-state index contributed by atoms with van der Waals surface area (Å²) in [5.74, 6) is -0.465. The molecule has 1 N–H and O–H groups in total. The van der Waals surface area contributed by atoms with E-state index in [0.29, 0.717) is 10.6 Å². The summed E-state index contributed by atoms with van der Waals surface area (Å²) in [6.45, 7) is 3.10. The van der Waals surface area contributed by atoms with Gasteiger partial charge in [-0.05, 0) is 62.2 Å². The number of aryl methyl sites for hydroxylation is 2. The van der Waals surface area contributed by atoms with Gasteiger partial charge in [0.2, 0.25) is 5.91 Å². The number of nitrogens with zero attached hydrogens (tertiary/aromatic N) is 1. The molecule has 26 heavy (non-hydrogen) atoms. The number of amides is 1. The van der Waals surface area contributed by atoms with Crippen LogP contribution in [0.5, 0.6) is 0 Å². The molecule has 5 nitrogen and oxygen atoms in total. The molecule has 0 saturated carbocycles. The first-order valence-electron chi connectivity index (χ1n) is 8.73. The average Bonchev–Trinajstić information content (AvgIpc) is 3.17. The standard InChI is InChI=1S/C19H24N2O3S2/c1-12-8-9-25-15(12)10-21(2)11-16(22)20-18-17(19(23)24-3)13-6-4-5-7-14(13)26-18/h8-9H,4-7,10-11H2,1-3H3,(H,20,22). The van der Waals surface area contributed by atoms with E-state index in [1.54, 1.807) is 11.3 Å². The minimum Gasteiger partial charge on any atom is -0.465 e. The highest BCUT2D eigenvalue weighted by Gasteiger charge is 2.27. The number of hydrogen-bond acceptors (Lipinski definition) is 6. The number of carbonyl (C=O) groups excluding carboxylic acids is 2. The Labute approximate surface area is 162 Å². The minimum absolute atomic E-state index is 0.106. The van der Waals surface area contributed by atoms with Gasteiger partial charge in [0.05, 0.1) is 19.2 Å². The van der Waals surface area contributed by atoms with Crippen LogP contribution in [0.2, 0.25) is 0 Å². The third kappa shape index (κ3) is 4.16. The summed E-state index contributed by atoms with van der Waals surface area (Å²) >= 11 is 3.22. The summed E-state index contributed by atoms with van der Waals surface area (Å²) in [4.78, 5) is 29.2. The lowest BCUT2D eigenvalue weighted by molar-refractivity contribution is -0.117. The molecular weight excluding hydrogens is 368 g/mol. The van der Waals surface area contributed by atoms with E-state index in [9.17, 15) is 9.59 Å². The minimum atomic E-state index is -0.359. The molecule has 140 valence electrons. The van der Waals surface area contributed by atoms with E-state index in [0.717, 1.165) is 37.8 Å². The summed E-state index contributed by atoms with van der Waals surface area (Å²) in [6, 6.07) is 2.09. The van der Waals surface area contributed by atoms with Gasteiger partial charge in [0.25, 0.3) is 0 Å². The zero-order valence-electron chi connectivity index (χ0n) is 15.4. The van der Waals surface area contributed by atoms with Gasteiger partial charge in [0.15, 0.2) is 0 Å². The predicted molar refractivity (Wildman–Crippen MR) is 106 cm³/mol. The Morgan fingerprint density at radius 2 is 2.08 bits per heavy atom. The summed E-state index contributed by atoms with van der Waals surface area (Å²) in [7, 11) is 3.32. The van der Waals surface area contributed by atoms with Crippen molar-refractivity contribution < 1.29 is 14.3 Å². The molecule has 0 unspecified atom stereocenters. The molecule has 1 aliphatic rings. The Bertz CT molecular complexity index is 810. The number of thiophene rings is 2. The molecular formula is C19H24N2O3S2. The van der Waals surface area contributed by atoms with Crippen molar-refractivity contribution in [2.45, 2.75) is 39.2 Å². The number of carbonyl (C=O) groups is 2. The van der Waals surface area contributed by atoms with Crippen molar-refractivity contribution in [3.8, 4) is 0 Å². The largest absolute Gasteiger partial charge is 0.465 e. The normalized spacial score (nSPS) is 13.5. The van der Waals surface area contributed by atoms with E-state index in [-0.39, 0.29) is 18.4 Å². The summed E-state index contributed by atoms with van der Waals surface area (Å²) in [6.07, 6.45) is 4.05. The molecule has 0 aromatic carbocycles. The Hall–Kier alpha value is -1.70. The van der Waals surface area contributed by atoms with Crippen molar-refractivity contribution in [2.24, 2.45) is 0 Å². The molecule has 0 fully saturated rings. The number of rotatable bonds is 6. The second-order valence-corrected chi connectivity index (χ2v) is 8.76. The van der Waals surface area contributed by atoms with Crippen molar-refractivity contribution in [3.05, 3.63) is 37.9 Å². The van der Waals surface area contributed by atoms with Gasteiger partial charge in [-0.25, -0.2) is 4.79 Å². The SMILES string of the molecule is COC(=O)c1c(NC(=O)CN(C)Cc2sccc2C)sc2c1CCCC2. The first kappa shape index (κ1) is 19.1. The van der Waals surface area contributed by atoms with Crippen LogP contribution >= 0.6 is 22.7 Å². The van der Waals surface area contributed by atoms with E-state index >= 15 is 0 Å². The smallest absolute Gasteiger partial charge is 0.341 e. The van der Waals surface area contributed by atoms with Gasteiger partial charge in [-0.1, -0.05) is 0 Å². The van der Waals surface area contributed by atoms with Gasteiger partial charge < -0.3 is 10.1 Å². The maximum Gasteiger partial charge on any atom is 0.341 e. The topological polar surface area (TPSA) is 58.6 Å². The lowest BCUT2D eigenvalue weighted by Gasteiger charge is -2.16. The van der Waals surface area contributed by atoms with Crippen molar-refractivity contribution in [1.82, 2.24) is 4.90 Å². The molecule has 0 radical (unpaired) electrons. The van der Waals surface area contributed by atoms with Gasteiger partial charge in [-0.3, -0.25) is 9.69 Å². The molecule has 2 aromatic rings. The van der Waals surface area contributed by atoms with Crippen LogP contribution in [0, 0.1) is 6.92 Å². The number of anilines is 1. The van der Waals surface area contributed by atoms with Gasteiger partial charge in [-0.15, -0.1) is 22.7 Å². The molecule has 2 aromatic heterocycles. The molecule has 1 aliphatic carbocycles. The predicted octanol–water partition coefficient (Wildman–Crippen LogP) is 3.85. The lowest BCUT2D eigenvalue weighted by atomic mass is 9.95. The molecule has 0 bridgehead atoms. The van der Waals surface area contributed by atoms with Crippen LogP contribution in [0.15, 0.2) is 11.4 Å². The lowest BCUT2D eigenvalue weighted by Crippen LogP contribution is -2.30. The van der Waals surface area contributed by atoms with Crippen LogP contribution < -0.4 is 5.32 Å². The van der Waals surface area contributed by atoms with E-state index in [1.165, 1.54) is 33.8 Å². The fraction of sp³-hybridized carbons (Fsp3) is 0.474. The van der Waals surface area contributed by atoms with E-state index in [4.69, 9.17) is 4.74 Å². The van der Waals surface area contributed by atoms with Gasteiger partial charge in [0.1, 0.15) is 5.00 Å². The maximum absolute atomic E-state index is 12.5. The van der Waals surface area contributed by atoms with Crippen LogP contribution in [-0.4, -0.2) is 37.5 Å². The Kier molecular flexibility index (Phi) is 6.11.